The highest BCUT2D eigenvalue weighted by molar-refractivity contribution is 7.69. The van der Waals surface area contributed by atoms with Crippen molar-refractivity contribution in [1.82, 2.24) is 51.1 Å². The number of hydrogen-bond donors (Lipinski definition) is 30. The average molecular weight is 2420 g/mol. The number of ether oxygens (including phenoxy) is 5. The van der Waals surface area contributed by atoms with Crippen LogP contribution in [0.1, 0.15) is 41.5 Å². The lowest BCUT2D eigenvalue weighted by atomic mass is 10.0. The second-order valence-corrected chi connectivity index (χ2v) is 52.4. The highest BCUT2D eigenvalue weighted by atomic mass is 31.3. The van der Waals surface area contributed by atoms with Crippen molar-refractivity contribution >= 4 is 147 Å². The Morgan fingerprint density at radius 1 is 0.267 bits per heavy atom. The summed E-state index contributed by atoms with van der Waals surface area (Å²) in [7, 11) is -82.7. The zero-order valence-corrected chi connectivity index (χ0v) is 87.7. The number of hydrogen-bond acceptors (Lipinski definition) is 45. The van der Waals surface area contributed by atoms with Crippen LogP contribution in [-0.2, 0) is 158 Å². The number of aliphatic hydroxyl groups excluding tert-OH is 5. The molecule has 146 heavy (non-hydrogen) atoms. The van der Waals surface area contributed by atoms with Gasteiger partial charge in [0.25, 0.3) is 0 Å². The summed E-state index contributed by atoms with van der Waals surface area (Å²) < 4.78 is 254. The Balaban J connectivity index is 0.000000279. The van der Waals surface area contributed by atoms with Crippen LogP contribution >= 0.6 is 117 Å². The first kappa shape index (κ1) is 130. The van der Waals surface area contributed by atoms with Crippen LogP contribution in [0.2, 0.25) is 0 Å². The van der Waals surface area contributed by atoms with Gasteiger partial charge in [-0.3, -0.25) is 47.1 Å². The maximum absolute atomic E-state index is 12.2. The Labute approximate surface area is 819 Å². The fourth-order valence-corrected chi connectivity index (χ4v) is 27.8. The zero-order valence-electron chi connectivity index (χ0n) is 74.3. The Morgan fingerprint density at radius 3 is 0.582 bits per heavy atom. The largest absolute Gasteiger partial charge is 0.490 e. The predicted molar refractivity (Wildman–Crippen MR) is 466 cm³/mol. The fraction of sp³-hybridized carbons (Fsp3) is 0.554. The topological polar surface area (TPSA) is 1110 Å². The number of rotatable bonds is 40. The Morgan fingerprint density at radius 2 is 0.425 bits per heavy atom. The van der Waals surface area contributed by atoms with Crippen LogP contribution in [0.5, 0.6) is 0 Å². The molecule has 5 saturated heterocycles. The van der Waals surface area contributed by atoms with Crippen molar-refractivity contribution in [2.45, 2.75) is 134 Å². The molecule has 0 saturated carbocycles. The first-order chi connectivity index (χ1) is 65.9. The molecule has 75 nitrogen and oxygen atoms in total. The number of urea groups is 5. The number of nitrogens with zero attached hydrogens (tertiary/aromatic N) is 5. The predicted octanol–water partition coefficient (Wildman–Crippen LogP) is 0.911. The van der Waals surface area contributed by atoms with Gasteiger partial charge in [0, 0.05) is 89.1 Å². The van der Waals surface area contributed by atoms with E-state index in [1.165, 1.54) is 83.0 Å². The highest BCUT2D eigenvalue weighted by Gasteiger charge is 2.56. The number of amides is 10. The van der Waals surface area contributed by atoms with Crippen molar-refractivity contribution in [2.24, 2.45) is 29.6 Å². The molecule has 0 aliphatic carbocycles. The van der Waals surface area contributed by atoms with Crippen molar-refractivity contribution in [1.29, 1.82) is 0 Å². The maximum Gasteiger partial charge on any atom is 0.490 e. The molecule has 10 aliphatic heterocycles. The van der Waals surface area contributed by atoms with Gasteiger partial charge in [0.1, 0.15) is 61.7 Å². The first-order valence-corrected chi connectivity index (χ1v) is 61.4. The van der Waals surface area contributed by atoms with Gasteiger partial charge in [-0.2, -0.15) is 43.1 Å². The Hall–Kier alpha value is -4.60. The summed E-state index contributed by atoms with van der Waals surface area (Å²) in [5, 5.41) is 63.4. The number of allylic oxidation sites excluding steroid dienone is 5. The fourth-order valence-electron chi connectivity index (χ4n) is 12.6. The van der Waals surface area contributed by atoms with Gasteiger partial charge in [-0.05, 0) is 36.8 Å². The minimum Gasteiger partial charge on any atom is -0.390 e. The first-order valence-electron chi connectivity index (χ1n) is 38.8. The lowest BCUT2D eigenvalue weighted by molar-refractivity contribution is -0.0554. The highest BCUT2D eigenvalue weighted by Crippen LogP contribution is 2.71. The number of carbonyl (C=O) groups excluding carboxylic acids is 5. The standard InChI is InChI=1S/C12H21N2O13P3.4C11H19N2O13P3/c1-6-4-14(12(16)13-8(6)3)11-7(2)10(15)9(25-11)5-24-29(20,21)27-30(22,23)26-28(17,18)19;4*1-6-3-4-13(11(15)12-6)10-7(2)9(14)8(24-10)5-23-28(19,20)26-29(21,22)25-27(16,17)18/h4,7,9-11,15H,3,5H2,1-2H3,(H,13,16)(H,20,21)(H,22,23)(H2,17,18,19);4*3-4,7-10,14H,1,5H2,2H3,(H,12,15)(H,19,20)(H,21,22)(H2,16,17,18). The van der Waals surface area contributed by atoms with Gasteiger partial charge in [0.05, 0.1) is 63.6 Å². The molecular formula is C56H97N10O65P15. The van der Waals surface area contributed by atoms with E-state index in [1.807, 2.05) is 0 Å². The molecule has 0 aromatic carbocycles. The summed E-state index contributed by atoms with van der Waals surface area (Å²) in [6.45, 7) is 23.0. The third kappa shape index (κ3) is 41.6. The van der Waals surface area contributed by atoms with E-state index in [0.717, 1.165) is 24.5 Å². The van der Waals surface area contributed by atoms with E-state index >= 15 is 0 Å². The molecule has 30 unspecified atom stereocenters. The molecule has 0 radical (unpaired) electrons. The van der Waals surface area contributed by atoms with E-state index < -0.39 is 302 Å². The smallest absolute Gasteiger partial charge is 0.390 e. The van der Waals surface area contributed by atoms with Gasteiger partial charge in [-0.25, -0.2) is 92.4 Å². The van der Waals surface area contributed by atoms with Crippen molar-refractivity contribution < 1.29 is 305 Å². The van der Waals surface area contributed by atoms with Gasteiger partial charge in [-0.1, -0.05) is 67.5 Å². The molecule has 10 heterocycles. The molecule has 0 aromatic rings. The van der Waals surface area contributed by atoms with Gasteiger partial charge in [0.2, 0.25) is 0 Å². The molecule has 90 heteroatoms. The van der Waals surface area contributed by atoms with Crippen LogP contribution in [0.3, 0.4) is 0 Å². The normalized spacial score (nSPS) is 31.9. The lowest BCUT2D eigenvalue weighted by Crippen LogP contribution is -2.48. The van der Waals surface area contributed by atoms with Crippen LogP contribution in [0, 0.1) is 29.6 Å². The summed E-state index contributed by atoms with van der Waals surface area (Å²) in [5.41, 5.74) is 2.34. The third-order valence-corrected chi connectivity index (χ3v) is 37.9. The summed E-state index contributed by atoms with van der Waals surface area (Å²) in [4.78, 5) is 243. The van der Waals surface area contributed by atoms with Crippen molar-refractivity contribution in [3.63, 3.8) is 0 Å². The third-order valence-electron chi connectivity index (χ3n) is 18.9. The Bertz CT molecular complexity index is 5290. The minimum atomic E-state index is -5.66. The van der Waals surface area contributed by atoms with Crippen molar-refractivity contribution in [2.75, 3.05) is 33.0 Å². The van der Waals surface area contributed by atoms with Crippen molar-refractivity contribution in [3.8, 4) is 0 Å². The molecule has 0 aromatic heterocycles. The van der Waals surface area contributed by atoms with E-state index in [0.29, 0.717) is 34.1 Å². The quantitative estimate of drug-likeness (QED) is 0.0379. The molecule has 30 N–H and O–H groups in total. The molecule has 0 bridgehead atoms. The SMILES string of the molecule is C=C1C=CN(C2OC(COP(=O)(O)OP(=O)(O)OP(=O)(O)O)C(O)C2C)C(=O)N1.C=C1C=CN(C2OC(COP(=O)(O)OP(=O)(O)OP(=O)(O)O)C(O)C2C)C(=O)N1.C=C1C=CN(C2OC(COP(=O)(O)OP(=O)(O)OP(=O)(O)O)C(O)C2C)C(=O)N1.C=C1C=CN(C2OC(COP(=O)(O)OP(=O)(O)OP(=O)(O)O)C(O)C2C)C(=O)N1.C=C1NC(=O)N(C2OC(COP(=O)(O)OP(=O)(O)OP(=O)(O)O)C(O)C2C)C=C1C. The van der Waals surface area contributed by atoms with E-state index in [-0.39, 0.29) is 0 Å². The second-order valence-electron chi connectivity index (χ2n) is 30.3. The van der Waals surface area contributed by atoms with Crippen molar-refractivity contribution in [3.05, 3.63) is 122 Å². The van der Waals surface area contributed by atoms with Gasteiger partial charge in [-0.15, -0.1) is 0 Å². The molecule has 30 atom stereocenters. The van der Waals surface area contributed by atoms with Gasteiger partial charge in [0.15, 0.2) is 0 Å². The summed E-state index contributed by atoms with van der Waals surface area (Å²) in [6.07, 6.45) is -4.82. The maximum atomic E-state index is 12.2. The molecule has 10 rings (SSSR count). The lowest BCUT2D eigenvalue weighted by Gasteiger charge is -2.32. The van der Waals surface area contributed by atoms with Crippen LogP contribution in [-0.4, -0.2) is 303 Å². The van der Waals surface area contributed by atoms with Crippen LogP contribution in [0.15, 0.2) is 122 Å². The van der Waals surface area contributed by atoms with Gasteiger partial charge >= 0.3 is 147 Å². The average Bonchev–Trinajstić information content (AvgIpc) is 1.59. The number of nitrogens with one attached hydrogen (secondary N) is 5. The number of aliphatic hydroxyl groups is 5. The number of phosphoric acid groups is 15. The van der Waals surface area contributed by atoms with Crippen LogP contribution in [0.25, 0.3) is 0 Å². The van der Waals surface area contributed by atoms with Crippen LogP contribution < -0.4 is 26.6 Å². The monoisotopic (exact) mass is 2410 g/mol. The van der Waals surface area contributed by atoms with E-state index in [1.54, 1.807) is 13.8 Å². The molecule has 5 fully saturated rings. The van der Waals surface area contributed by atoms with E-state index in [2.05, 4.69) is 125 Å². The summed E-state index contributed by atoms with van der Waals surface area (Å²) in [6, 6.07) is -2.93. The second kappa shape index (κ2) is 50.5. The minimum absolute atomic E-state index is 0.335. The van der Waals surface area contributed by atoms with Gasteiger partial charge < -0.3 is 174 Å². The summed E-state index contributed by atoms with van der Waals surface area (Å²) in [5.74, 6) is -3.38. The summed E-state index contributed by atoms with van der Waals surface area (Å²) >= 11 is 0. The number of phosphoric ester groups is 5. The van der Waals surface area contributed by atoms with Crippen LogP contribution in [0.4, 0.5) is 24.0 Å². The molecule has 0 spiro atoms. The molecular weight excluding hydrogens is 2320 g/mol. The molecule has 10 amide bonds. The molecule has 836 valence electrons. The Kier molecular flexibility index (Phi) is 45.0. The zero-order chi connectivity index (χ0) is 112. The van der Waals surface area contributed by atoms with E-state index in [9.17, 15) is 142 Å². The molecule has 10 aliphatic rings. The van der Waals surface area contributed by atoms with E-state index in [4.69, 9.17) is 97.1 Å². The number of carbonyl (C=O) groups is 5.